The average Bonchev–Trinajstić information content (AvgIpc) is 3.04. The number of hydrogen-bond acceptors (Lipinski definition) is 6. The van der Waals surface area contributed by atoms with Crippen LogP contribution in [-0.4, -0.2) is 39.8 Å². The van der Waals surface area contributed by atoms with E-state index >= 15 is 0 Å². The lowest BCUT2D eigenvalue weighted by atomic mass is 9.92. The van der Waals surface area contributed by atoms with E-state index in [1.807, 2.05) is 42.5 Å². The van der Waals surface area contributed by atoms with Crippen molar-refractivity contribution in [1.82, 2.24) is 4.57 Å². The van der Waals surface area contributed by atoms with Crippen LogP contribution in [0.3, 0.4) is 0 Å². The largest absolute Gasteiger partial charge is 0.497 e. The Bertz CT molecular complexity index is 1170. The van der Waals surface area contributed by atoms with Crippen LogP contribution in [0.15, 0.2) is 66.7 Å². The molecule has 0 aliphatic carbocycles. The zero-order valence-electron chi connectivity index (χ0n) is 17.5. The van der Waals surface area contributed by atoms with Crippen LogP contribution in [0.1, 0.15) is 18.5 Å². The Labute approximate surface area is 184 Å². The molecule has 1 saturated heterocycles. The number of β-lactam (4-membered cyclic amide) rings is 1. The summed E-state index contributed by atoms with van der Waals surface area (Å²) in [7, 11) is 1.56. The number of aromatic hydroxyl groups is 2. The Morgan fingerprint density at radius 1 is 1.06 bits per heavy atom. The molecule has 3 aromatic rings. The Morgan fingerprint density at radius 2 is 1.75 bits per heavy atom. The summed E-state index contributed by atoms with van der Waals surface area (Å²) in [5.41, 5.74) is 1.57. The molecular formula is C24H22N2O6. The quantitative estimate of drug-likeness (QED) is 0.455. The lowest BCUT2D eigenvalue weighted by Gasteiger charge is -2.46. The van der Waals surface area contributed by atoms with E-state index in [1.165, 1.54) is 6.92 Å². The normalized spacial score (nSPS) is 17.9. The molecule has 1 aromatic heterocycles. The third-order valence-electron chi connectivity index (χ3n) is 5.24. The first-order valence-electron chi connectivity index (χ1n) is 9.92. The molecule has 0 saturated carbocycles. The molecule has 1 aliphatic heterocycles. The molecule has 2 aromatic carbocycles. The molecule has 4 rings (SSSR count). The van der Waals surface area contributed by atoms with Gasteiger partial charge in [-0.2, -0.15) is 0 Å². The summed E-state index contributed by atoms with van der Waals surface area (Å²) in [6, 6.07) is 16.2. The summed E-state index contributed by atoms with van der Waals surface area (Å²) in [4.78, 5) is 26.0. The number of benzene rings is 2. The number of ether oxygens (including phenoxy) is 2. The number of nitrogens with zero attached hydrogens (tertiary/aromatic N) is 2. The SMILES string of the molecule is COc1ccc(N2C(=O)[C@@H](n3c(O)cc(OC(C)=O)c3O)[C@H]2C=Cc2ccccc2)cc1. The molecule has 2 heterocycles. The maximum Gasteiger partial charge on any atom is 0.308 e. The Balaban J connectivity index is 1.73. The van der Waals surface area contributed by atoms with Gasteiger partial charge in [-0.05, 0) is 29.8 Å². The fourth-order valence-corrected chi connectivity index (χ4v) is 3.75. The van der Waals surface area contributed by atoms with E-state index < -0.39 is 23.9 Å². The van der Waals surface area contributed by atoms with Crippen LogP contribution in [0, 0.1) is 0 Å². The standard InChI is InChI=1S/C24H22N2O6/c1-15(27)32-20-14-21(28)26(23(20)29)22-19(13-8-16-6-4-3-5-7-16)25(24(22)30)17-9-11-18(31-2)12-10-17/h3-14,19,22,28-29H,1-2H3/t19-,22+/m1/s1. The van der Waals surface area contributed by atoms with Gasteiger partial charge in [-0.1, -0.05) is 42.5 Å². The predicted octanol–water partition coefficient (Wildman–Crippen LogP) is 3.50. The number of aromatic nitrogens is 1. The molecule has 0 bridgehead atoms. The van der Waals surface area contributed by atoms with Crippen molar-refractivity contribution < 1.29 is 29.3 Å². The second-order valence-corrected chi connectivity index (χ2v) is 7.27. The van der Waals surface area contributed by atoms with Gasteiger partial charge in [-0.3, -0.25) is 14.2 Å². The molecule has 1 aliphatic rings. The summed E-state index contributed by atoms with van der Waals surface area (Å²) in [5.74, 6) is -1.43. The van der Waals surface area contributed by atoms with E-state index in [1.54, 1.807) is 36.3 Å². The van der Waals surface area contributed by atoms with E-state index in [2.05, 4.69) is 0 Å². The van der Waals surface area contributed by atoms with Crippen molar-refractivity contribution >= 4 is 23.6 Å². The van der Waals surface area contributed by atoms with Gasteiger partial charge in [0.2, 0.25) is 5.88 Å². The number of anilines is 1. The van der Waals surface area contributed by atoms with E-state index in [0.29, 0.717) is 11.4 Å². The number of carbonyl (C=O) groups is 2. The van der Waals surface area contributed by atoms with Gasteiger partial charge in [0, 0.05) is 18.7 Å². The highest BCUT2D eigenvalue weighted by atomic mass is 16.5. The number of esters is 1. The van der Waals surface area contributed by atoms with Crippen LogP contribution in [0.4, 0.5) is 5.69 Å². The number of carbonyl (C=O) groups excluding carboxylic acids is 2. The summed E-state index contributed by atoms with van der Waals surface area (Å²) < 4.78 is 11.2. The van der Waals surface area contributed by atoms with Crippen molar-refractivity contribution in [3.63, 3.8) is 0 Å². The molecule has 1 fully saturated rings. The number of methoxy groups -OCH3 is 1. The van der Waals surface area contributed by atoms with Crippen molar-refractivity contribution in [3.05, 3.63) is 72.3 Å². The lowest BCUT2D eigenvalue weighted by Crippen LogP contribution is -2.60. The predicted molar refractivity (Wildman–Crippen MR) is 118 cm³/mol. The molecule has 2 N–H and O–H groups in total. The topological polar surface area (TPSA) is 101 Å². The molecule has 0 unspecified atom stereocenters. The van der Waals surface area contributed by atoms with E-state index in [4.69, 9.17) is 9.47 Å². The van der Waals surface area contributed by atoms with Crippen LogP contribution < -0.4 is 14.4 Å². The highest BCUT2D eigenvalue weighted by Gasteiger charge is 2.50. The first-order valence-corrected chi connectivity index (χ1v) is 9.92. The van der Waals surface area contributed by atoms with Crippen molar-refractivity contribution in [1.29, 1.82) is 0 Å². The minimum absolute atomic E-state index is 0.212. The molecular weight excluding hydrogens is 412 g/mol. The number of rotatable bonds is 6. The summed E-state index contributed by atoms with van der Waals surface area (Å²) in [6.45, 7) is 1.18. The molecule has 8 nitrogen and oxygen atoms in total. The Morgan fingerprint density at radius 3 is 2.38 bits per heavy atom. The zero-order valence-corrected chi connectivity index (χ0v) is 17.5. The Hall–Kier alpha value is -4.20. The lowest BCUT2D eigenvalue weighted by molar-refractivity contribution is -0.132. The van der Waals surface area contributed by atoms with Crippen molar-refractivity contribution in [2.75, 3.05) is 12.0 Å². The fourth-order valence-electron chi connectivity index (χ4n) is 3.75. The molecule has 164 valence electrons. The average molecular weight is 434 g/mol. The van der Waals surface area contributed by atoms with Gasteiger partial charge in [0.25, 0.3) is 5.91 Å². The van der Waals surface area contributed by atoms with E-state index in [9.17, 15) is 19.8 Å². The van der Waals surface area contributed by atoms with Gasteiger partial charge in [0.05, 0.1) is 13.2 Å². The van der Waals surface area contributed by atoms with E-state index in [0.717, 1.165) is 16.2 Å². The van der Waals surface area contributed by atoms with E-state index in [-0.39, 0.29) is 17.5 Å². The van der Waals surface area contributed by atoms with Gasteiger partial charge in [0.1, 0.15) is 11.8 Å². The minimum Gasteiger partial charge on any atom is -0.497 e. The van der Waals surface area contributed by atoms with Gasteiger partial charge in [0.15, 0.2) is 11.6 Å². The van der Waals surface area contributed by atoms with Gasteiger partial charge in [-0.15, -0.1) is 0 Å². The van der Waals surface area contributed by atoms with Crippen molar-refractivity contribution in [2.24, 2.45) is 0 Å². The van der Waals surface area contributed by atoms with Crippen LogP contribution in [-0.2, 0) is 9.59 Å². The highest BCUT2D eigenvalue weighted by Crippen LogP contribution is 2.45. The van der Waals surface area contributed by atoms with Crippen LogP contribution in [0.2, 0.25) is 0 Å². The zero-order chi connectivity index (χ0) is 22.8. The number of hydrogen-bond donors (Lipinski definition) is 2. The summed E-state index contributed by atoms with van der Waals surface area (Å²) in [5, 5.41) is 21.0. The molecule has 0 spiro atoms. The first-order chi connectivity index (χ1) is 15.4. The summed E-state index contributed by atoms with van der Waals surface area (Å²) in [6.07, 6.45) is 3.70. The van der Waals surface area contributed by atoms with Crippen molar-refractivity contribution in [3.8, 4) is 23.3 Å². The van der Waals surface area contributed by atoms with Crippen molar-refractivity contribution in [2.45, 2.75) is 19.0 Å². The van der Waals surface area contributed by atoms with Gasteiger partial charge >= 0.3 is 5.97 Å². The third-order valence-corrected chi connectivity index (χ3v) is 5.24. The smallest absolute Gasteiger partial charge is 0.308 e. The molecule has 2 atom stereocenters. The summed E-state index contributed by atoms with van der Waals surface area (Å²) >= 11 is 0. The maximum atomic E-state index is 13.2. The molecule has 0 radical (unpaired) electrons. The molecule has 8 heteroatoms. The van der Waals surface area contributed by atoms with Gasteiger partial charge in [-0.25, -0.2) is 0 Å². The Kier molecular flexibility index (Phi) is 5.59. The third kappa shape index (κ3) is 3.78. The molecule has 1 amide bonds. The van der Waals surface area contributed by atoms with Crippen LogP contribution in [0.5, 0.6) is 23.3 Å². The minimum atomic E-state index is -0.929. The molecule has 32 heavy (non-hydrogen) atoms. The monoisotopic (exact) mass is 434 g/mol. The number of amides is 1. The maximum absolute atomic E-state index is 13.2. The highest BCUT2D eigenvalue weighted by molar-refractivity contribution is 6.05. The van der Waals surface area contributed by atoms with Crippen LogP contribution in [0.25, 0.3) is 6.08 Å². The second-order valence-electron chi connectivity index (χ2n) is 7.27. The first kappa shape index (κ1) is 21.0. The van der Waals surface area contributed by atoms with Crippen LogP contribution >= 0.6 is 0 Å². The second kappa shape index (κ2) is 8.50. The van der Waals surface area contributed by atoms with Gasteiger partial charge < -0.3 is 24.6 Å². The fraction of sp³-hybridized carbons (Fsp3) is 0.167.